The van der Waals surface area contributed by atoms with E-state index in [0.29, 0.717) is 12.0 Å². The highest BCUT2D eigenvalue weighted by Crippen LogP contribution is 2.19. The second-order valence-corrected chi connectivity index (χ2v) is 13.3. The number of aromatic amines is 1. The Kier molecular flexibility index (Phi) is 14.5. The lowest BCUT2D eigenvalue weighted by atomic mass is 10.0. The van der Waals surface area contributed by atoms with Crippen molar-refractivity contribution in [3.63, 3.8) is 0 Å². The van der Waals surface area contributed by atoms with Gasteiger partial charge in [0.15, 0.2) is 0 Å². The maximum absolute atomic E-state index is 14.0. The van der Waals surface area contributed by atoms with Crippen LogP contribution in [0.5, 0.6) is 5.75 Å². The van der Waals surface area contributed by atoms with E-state index in [4.69, 9.17) is 10.5 Å². The van der Waals surface area contributed by atoms with Crippen LogP contribution in [-0.4, -0.2) is 88.7 Å². The van der Waals surface area contributed by atoms with Crippen LogP contribution in [0.15, 0.2) is 85.1 Å². The van der Waals surface area contributed by atoms with E-state index in [0.717, 1.165) is 22.0 Å². The molecule has 53 heavy (non-hydrogen) atoms. The summed E-state index contributed by atoms with van der Waals surface area (Å²) in [5.41, 5.74) is 9.17. The van der Waals surface area contributed by atoms with Gasteiger partial charge >= 0.3 is 5.97 Å². The number of para-hydroxylation sites is 1. The number of methoxy groups -OCH3 is 1. The Morgan fingerprint density at radius 3 is 1.81 bits per heavy atom. The average Bonchev–Trinajstić information content (AvgIpc) is 3.55. The number of esters is 1. The number of hydrogen-bond donors (Lipinski definition) is 8. The third-order valence-electron chi connectivity index (χ3n) is 8.70. The number of H-pyrrole nitrogens is 1. The molecule has 9 N–H and O–H groups in total. The Bertz CT molecular complexity index is 1850. The molecule has 0 aliphatic carbocycles. The summed E-state index contributed by atoms with van der Waals surface area (Å²) in [6.45, 7) is 2.98. The van der Waals surface area contributed by atoms with Crippen LogP contribution in [0.25, 0.3) is 10.9 Å². The number of ether oxygens (including phenoxy) is 1. The second kappa shape index (κ2) is 19.2. The van der Waals surface area contributed by atoms with Gasteiger partial charge in [-0.2, -0.15) is 0 Å². The van der Waals surface area contributed by atoms with Crippen LogP contribution in [0.2, 0.25) is 0 Å². The zero-order valence-electron chi connectivity index (χ0n) is 30.0. The minimum atomic E-state index is -1.47. The fraction of sp³-hybridized carbons (Fsp3) is 0.359. The number of amides is 4. The lowest BCUT2D eigenvalue weighted by molar-refractivity contribution is -0.146. The van der Waals surface area contributed by atoms with E-state index >= 15 is 0 Å². The fourth-order valence-corrected chi connectivity index (χ4v) is 5.88. The van der Waals surface area contributed by atoms with Crippen LogP contribution in [0.1, 0.15) is 37.0 Å². The Morgan fingerprint density at radius 2 is 1.23 bits per heavy atom. The molecular formula is C39H48N6O8. The van der Waals surface area contributed by atoms with Crippen LogP contribution >= 0.6 is 0 Å². The van der Waals surface area contributed by atoms with Gasteiger partial charge in [0.2, 0.25) is 23.6 Å². The topological polar surface area (TPSA) is 225 Å². The summed E-state index contributed by atoms with van der Waals surface area (Å²) in [4.78, 5) is 70.1. The molecule has 282 valence electrons. The SMILES string of the molecule is COC(=O)[C@H](CC(C)C)NC(=O)[C@@H](Cc1ccccc1)NC(=O)[C@H](Cc1ccc(O)cc1)NC(=O)[C@H](CO)NC(=O)[C@@H](N)Cc1c[nH]c2ccccc12. The summed E-state index contributed by atoms with van der Waals surface area (Å²) in [5.74, 6) is -3.55. The normalized spacial score (nSPS) is 14.0. The number of nitrogens with two attached hydrogens (primary N) is 1. The molecule has 4 aromatic rings. The van der Waals surface area contributed by atoms with Gasteiger partial charge in [0.1, 0.15) is 29.9 Å². The van der Waals surface area contributed by atoms with Crippen LogP contribution in [-0.2, 0) is 48.0 Å². The Balaban J connectivity index is 1.53. The van der Waals surface area contributed by atoms with Crippen molar-refractivity contribution in [2.45, 2.75) is 69.7 Å². The molecule has 14 heteroatoms. The number of carbonyl (C=O) groups is 5. The molecule has 0 unspecified atom stereocenters. The van der Waals surface area contributed by atoms with Crippen molar-refractivity contribution >= 4 is 40.5 Å². The lowest BCUT2D eigenvalue weighted by Crippen LogP contribution is -2.60. The molecule has 0 aliphatic rings. The smallest absolute Gasteiger partial charge is 0.328 e. The number of carbonyl (C=O) groups excluding carboxylic acids is 5. The van der Waals surface area contributed by atoms with E-state index in [1.54, 1.807) is 42.6 Å². The molecule has 0 radical (unpaired) electrons. The number of benzene rings is 3. The number of aliphatic hydroxyl groups excluding tert-OH is 1. The molecule has 0 aliphatic heterocycles. The molecular weight excluding hydrogens is 680 g/mol. The molecule has 0 fully saturated rings. The van der Waals surface area contributed by atoms with Crippen molar-refractivity contribution in [1.29, 1.82) is 0 Å². The maximum Gasteiger partial charge on any atom is 0.328 e. The first kappa shape index (κ1) is 40.0. The quantitative estimate of drug-likeness (QED) is 0.0692. The van der Waals surface area contributed by atoms with Gasteiger partial charge < -0.3 is 46.9 Å². The van der Waals surface area contributed by atoms with E-state index in [2.05, 4.69) is 26.3 Å². The van der Waals surface area contributed by atoms with Gasteiger partial charge in [-0.05, 0) is 53.6 Å². The molecule has 4 amide bonds. The van der Waals surface area contributed by atoms with E-state index in [9.17, 15) is 34.2 Å². The van der Waals surface area contributed by atoms with Crippen molar-refractivity contribution in [2.75, 3.05) is 13.7 Å². The number of nitrogens with one attached hydrogen (secondary N) is 5. The first-order valence-corrected chi connectivity index (χ1v) is 17.4. The van der Waals surface area contributed by atoms with Gasteiger partial charge in [-0.1, -0.05) is 74.5 Å². The van der Waals surface area contributed by atoms with Gasteiger partial charge in [-0.15, -0.1) is 0 Å². The number of fused-ring (bicyclic) bond motifs is 1. The van der Waals surface area contributed by atoms with Gasteiger partial charge in [-0.25, -0.2) is 4.79 Å². The first-order chi connectivity index (χ1) is 25.4. The standard InChI is InChI=1S/C39H48N6O8/c1-23(2)17-33(39(52)53-3)44-37(50)31(18-24-9-5-4-6-10-24)42-36(49)32(19-25-13-15-27(47)16-14-25)43-38(51)34(22-46)45-35(48)29(40)20-26-21-41-30-12-8-7-11-28(26)30/h4-16,21,23,29,31-34,41,46-47H,17-20,22,40H2,1-3H3,(H,42,49)(H,43,51)(H,44,50)(H,45,48)/t29-,31+,32-,33-,34-/m0/s1. The Morgan fingerprint density at radius 1 is 0.698 bits per heavy atom. The number of aromatic hydroxyl groups is 1. The van der Waals surface area contributed by atoms with Crippen molar-refractivity contribution in [3.8, 4) is 5.75 Å². The van der Waals surface area contributed by atoms with Crippen LogP contribution in [0, 0.1) is 5.92 Å². The summed E-state index contributed by atoms with van der Waals surface area (Å²) in [6.07, 6.45) is 2.18. The fourth-order valence-electron chi connectivity index (χ4n) is 5.88. The number of phenols is 1. The van der Waals surface area contributed by atoms with Gasteiger partial charge in [0.05, 0.1) is 19.8 Å². The van der Waals surface area contributed by atoms with Crippen molar-refractivity contribution in [2.24, 2.45) is 11.7 Å². The molecule has 0 bridgehead atoms. The molecule has 14 nitrogen and oxygen atoms in total. The minimum Gasteiger partial charge on any atom is -0.508 e. The molecule has 5 atom stereocenters. The summed E-state index contributed by atoms with van der Waals surface area (Å²) in [6, 6.07) is 16.5. The summed E-state index contributed by atoms with van der Waals surface area (Å²) in [5, 5.41) is 31.4. The van der Waals surface area contributed by atoms with Crippen LogP contribution < -0.4 is 27.0 Å². The highest BCUT2D eigenvalue weighted by Gasteiger charge is 2.32. The monoisotopic (exact) mass is 728 g/mol. The number of aromatic nitrogens is 1. The molecule has 0 saturated heterocycles. The first-order valence-electron chi connectivity index (χ1n) is 17.4. The summed E-state index contributed by atoms with van der Waals surface area (Å²) < 4.78 is 4.90. The third kappa shape index (κ3) is 11.6. The maximum atomic E-state index is 14.0. The molecule has 3 aromatic carbocycles. The number of phenolic OH excluding ortho intramolecular Hbond substituents is 1. The second-order valence-electron chi connectivity index (χ2n) is 13.3. The van der Waals surface area contributed by atoms with Gasteiger partial charge in [0, 0.05) is 29.9 Å². The lowest BCUT2D eigenvalue weighted by Gasteiger charge is -2.27. The zero-order chi connectivity index (χ0) is 38.5. The predicted molar refractivity (Wildman–Crippen MR) is 198 cm³/mol. The molecule has 1 heterocycles. The number of hydrogen-bond acceptors (Lipinski definition) is 9. The Hall–Kier alpha value is -5.73. The van der Waals surface area contributed by atoms with Crippen molar-refractivity contribution in [1.82, 2.24) is 26.3 Å². The summed E-state index contributed by atoms with van der Waals surface area (Å²) >= 11 is 0. The van der Waals surface area contributed by atoms with Crippen molar-refractivity contribution < 1.29 is 38.9 Å². The van der Waals surface area contributed by atoms with E-state index in [-0.39, 0.29) is 30.9 Å². The minimum absolute atomic E-state index is 0.00743. The highest BCUT2D eigenvalue weighted by atomic mass is 16.5. The zero-order valence-corrected chi connectivity index (χ0v) is 30.0. The van der Waals surface area contributed by atoms with Crippen molar-refractivity contribution in [3.05, 3.63) is 102 Å². The van der Waals surface area contributed by atoms with Gasteiger partial charge in [0.25, 0.3) is 0 Å². The largest absolute Gasteiger partial charge is 0.508 e. The van der Waals surface area contributed by atoms with Crippen LogP contribution in [0.4, 0.5) is 0 Å². The number of aliphatic hydroxyl groups is 1. The van der Waals surface area contributed by atoms with Crippen LogP contribution in [0.3, 0.4) is 0 Å². The van der Waals surface area contributed by atoms with Gasteiger partial charge in [-0.3, -0.25) is 19.2 Å². The Labute approximate surface area is 307 Å². The number of rotatable bonds is 18. The molecule has 0 saturated carbocycles. The van der Waals surface area contributed by atoms with E-state index in [1.165, 1.54) is 19.2 Å². The molecule has 4 rings (SSSR count). The predicted octanol–water partition coefficient (Wildman–Crippen LogP) is 1.38. The molecule has 0 spiro atoms. The third-order valence-corrected chi connectivity index (χ3v) is 8.70. The van der Waals surface area contributed by atoms with E-state index in [1.807, 2.05) is 44.2 Å². The highest BCUT2D eigenvalue weighted by molar-refractivity contribution is 5.96. The van der Waals surface area contributed by atoms with E-state index < -0.39 is 66.4 Å². The summed E-state index contributed by atoms with van der Waals surface area (Å²) in [7, 11) is 1.22. The average molecular weight is 729 g/mol. The molecule has 1 aromatic heterocycles.